The van der Waals surface area contributed by atoms with Crippen LogP contribution >= 0.6 is 0 Å². The maximum atomic E-state index is 11.7. The predicted octanol–water partition coefficient (Wildman–Crippen LogP) is 4.75. The van der Waals surface area contributed by atoms with Crippen LogP contribution in [0.4, 0.5) is 5.69 Å². The number of hydrogen-bond donors (Lipinski definition) is 2. The summed E-state index contributed by atoms with van der Waals surface area (Å²) in [6.45, 7) is 1.54. The van der Waals surface area contributed by atoms with Crippen molar-refractivity contribution in [1.82, 2.24) is 19.7 Å². The van der Waals surface area contributed by atoms with E-state index in [-0.39, 0.29) is 6.42 Å². The summed E-state index contributed by atoms with van der Waals surface area (Å²) in [5.41, 5.74) is 6.24. The first-order valence-corrected chi connectivity index (χ1v) is 12.6. The lowest BCUT2D eigenvalue weighted by Crippen LogP contribution is -2.16. The van der Waals surface area contributed by atoms with Crippen molar-refractivity contribution in [2.45, 2.75) is 50.5 Å². The monoisotopic (exact) mass is 483 g/mol. The molecule has 0 spiro atoms. The van der Waals surface area contributed by atoms with Crippen molar-refractivity contribution in [3.63, 3.8) is 0 Å². The van der Waals surface area contributed by atoms with E-state index in [9.17, 15) is 9.90 Å². The number of anilines is 1. The van der Waals surface area contributed by atoms with Crippen molar-refractivity contribution < 1.29 is 14.6 Å². The summed E-state index contributed by atoms with van der Waals surface area (Å²) < 4.78 is 7.83. The fraction of sp³-hybridized carbons (Fsp3) is 0.357. The molecule has 3 aromatic heterocycles. The van der Waals surface area contributed by atoms with Gasteiger partial charge in [-0.25, -0.2) is 0 Å². The fourth-order valence-electron chi connectivity index (χ4n) is 4.97. The van der Waals surface area contributed by atoms with Crippen LogP contribution in [0.15, 0.2) is 55.0 Å². The van der Waals surface area contributed by atoms with Crippen LogP contribution in [0.3, 0.4) is 0 Å². The SMILES string of the molecule is O=C(O)CC(c1cncc(C2CC2)c1)n1ncc2cc(OCCc3ccc4c(n3)CCCN4)ccc21. The number of nitrogens with one attached hydrogen (secondary N) is 1. The maximum absolute atomic E-state index is 11.7. The van der Waals surface area contributed by atoms with Crippen LogP contribution in [0.2, 0.25) is 0 Å². The van der Waals surface area contributed by atoms with E-state index < -0.39 is 12.0 Å². The van der Waals surface area contributed by atoms with Gasteiger partial charge in [-0.3, -0.25) is 19.4 Å². The molecule has 6 rings (SSSR count). The van der Waals surface area contributed by atoms with E-state index in [1.54, 1.807) is 17.1 Å². The summed E-state index contributed by atoms with van der Waals surface area (Å²) in [6, 6.07) is 11.7. The highest BCUT2D eigenvalue weighted by Crippen LogP contribution is 2.40. The van der Waals surface area contributed by atoms with E-state index in [0.29, 0.717) is 12.5 Å². The Labute approximate surface area is 209 Å². The van der Waals surface area contributed by atoms with Gasteiger partial charge in [0.2, 0.25) is 0 Å². The minimum atomic E-state index is -0.869. The second kappa shape index (κ2) is 9.60. The molecule has 1 aromatic carbocycles. The van der Waals surface area contributed by atoms with Crippen LogP contribution in [-0.4, -0.2) is 44.0 Å². The third-order valence-electron chi connectivity index (χ3n) is 7.01. The molecular formula is C28H29N5O3. The van der Waals surface area contributed by atoms with Gasteiger partial charge in [0.1, 0.15) is 5.75 Å². The molecule has 1 fully saturated rings. The molecule has 1 unspecified atom stereocenters. The van der Waals surface area contributed by atoms with Gasteiger partial charge in [-0.2, -0.15) is 5.10 Å². The second-order valence-electron chi connectivity index (χ2n) is 9.67. The van der Waals surface area contributed by atoms with Gasteiger partial charge in [0, 0.05) is 36.4 Å². The van der Waals surface area contributed by atoms with Gasteiger partial charge in [0.25, 0.3) is 0 Å². The van der Waals surface area contributed by atoms with E-state index >= 15 is 0 Å². The number of carboxylic acid groups (broad SMARTS) is 1. The molecule has 1 aliphatic carbocycles. The molecule has 1 atom stereocenters. The van der Waals surface area contributed by atoms with Gasteiger partial charge in [-0.1, -0.05) is 6.07 Å². The summed E-state index contributed by atoms with van der Waals surface area (Å²) in [5, 5.41) is 18.5. The third kappa shape index (κ3) is 4.76. The van der Waals surface area contributed by atoms with E-state index in [1.165, 1.54) is 18.4 Å². The highest BCUT2D eigenvalue weighted by molar-refractivity contribution is 5.81. The molecule has 36 heavy (non-hydrogen) atoms. The summed E-state index contributed by atoms with van der Waals surface area (Å²) in [4.78, 5) is 20.9. The Morgan fingerprint density at radius 1 is 1.17 bits per heavy atom. The number of pyridine rings is 2. The van der Waals surface area contributed by atoms with E-state index in [1.807, 2.05) is 24.4 Å². The molecule has 0 saturated heterocycles. The predicted molar refractivity (Wildman–Crippen MR) is 137 cm³/mol. The quantitative estimate of drug-likeness (QED) is 0.354. The van der Waals surface area contributed by atoms with Crippen LogP contribution in [0, 0.1) is 0 Å². The van der Waals surface area contributed by atoms with E-state index in [2.05, 4.69) is 33.6 Å². The summed E-state index contributed by atoms with van der Waals surface area (Å²) in [5.74, 6) is 0.436. The Balaban J connectivity index is 1.18. The van der Waals surface area contributed by atoms with Crippen molar-refractivity contribution in [2.75, 3.05) is 18.5 Å². The van der Waals surface area contributed by atoms with Crippen molar-refractivity contribution in [3.05, 3.63) is 77.5 Å². The topological polar surface area (TPSA) is 102 Å². The number of aliphatic carboxylic acids is 1. The molecular weight excluding hydrogens is 454 g/mol. The van der Waals surface area contributed by atoms with Crippen LogP contribution < -0.4 is 10.1 Å². The number of hydrogen-bond acceptors (Lipinski definition) is 6. The number of aryl methyl sites for hydroxylation is 1. The molecule has 0 bridgehead atoms. The first-order chi connectivity index (χ1) is 17.6. The molecule has 8 heteroatoms. The number of fused-ring (bicyclic) bond motifs is 2. The molecule has 4 aromatic rings. The lowest BCUT2D eigenvalue weighted by atomic mass is 10.0. The van der Waals surface area contributed by atoms with Crippen molar-refractivity contribution >= 4 is 22.6 Å². The molecule has 0 radical (unpaired) electrons. The molecule has 1 aliphatic heterocycles. The first-order valence-electron chi connectivity index (χ1n) is 12.6. The zero-order chi connectivity index (χ0) is 24.5. The van der Waals surface area contributed by atoms with Gasteiger partial charge in [-0.05, 0) is 73.1 Å². The maximum Gasteiger partial charge on any atom is 0.305 e. The fourth-order valence-corrected chi connectivity index (χ4v) is 4.97. The Morgan fingerprint density at radius 2 is 2.08 bits per heavy atom. The Hall–Kier alpha value is -3.94. The van der Waals surface area contributed by atoms with E-state index in [4.69, 9.17) is 9.72 Å². The number of rotatable bonds is 9. The Kier molecular flexibility index (Phi) is 6.01. The molecule has 2 N–H and O–H groups in total. The standard InChI is InChI=1S/C28H29N5O3/c34-28(35)14-27(20-12-19(15-29-16-20)18-3-4-18)33-26-8-6-23(13-21(26)17-31-33)36-11-9-22-5-7-24-25(32-22)2-1-10-30-24/h5-8,12-13,15-18,27,30H,1-4,9-11,14H2,(H,34,35). The minimum Gasteiger partial charge on any atom is -0.493 e. The third-order valence-corrected chi connectivity index (χ3v) is 7.01. The van der Waals surface area contributed by atoms with Gasteiger partial charge >= 0.3 is 5.97 Å². The van der Waals surface area contributed by atoms with Crippen molar-refractivity contribution in [3.8, 4) is 5.75 Å². The number of aromatic nitrogens is 4. The lowest BCUT2D eigenvalue weighted by molar-refractivity contribution is -0.137. The molecule has 2 aliphatic rings. The number of nitrogens with zero attached hydrogens (tertiary/aromatic N) is 4. The lowest BCUT2D eigenvalue weighted by Gasteiger charge is -2.18. The zero-order valence-corrected chi connectivity index (χ0v) is 20.1. The van der Waals surface area contributed by atoms with Crippen LogP contribution in [0.1, 0.15) is 60.2 Å². The second-order valence-corrected chi connectivity index (χ2v) is 9.67. The van der Waals surface area contributed by atoms with Crippen LogP contribution in [0.5, 0.6) is 5.75 Å². The molecule has 8 nitrogen and oxygen atoms in total. The molecule has 0 amide bonds. The Morgan fingerprint density at radius 3 is 2.94 bits per heavy atom. The zero-order valence-electron chi connectivity index (χ0n) is 20.1. The molecule has 1 saturated carbocycles. The minimum absolute atomic E-state index is 0.0614. The van der Waals surface area contributed by atoms with Crippen molar-refractivity contribution in [1.29, 1.82) is 0 Å². The largest absolute Gasteiger partial charge is 0.493 e. The molecule has 4 heterocycles. The van der Waals surface area contributed by atoms with Crippen LogP contribution in [0.25, 0.3) is 10.9 Å². The number of carboxylic acids is 1. The van der Waals surface area contributed by atoms with E-state index in [0.717, 1.165) is 65.1 Å². The van der Waals surface area contributed by atoms with Gasteiger partial charge < -0.3 is 15.2 Å². The van der Waals surface area contributed by atoms with Gasteiger partial charge in [0.05, 0.1) is 42.2 Å². The summed E-state index contributed by atoms with van der Waals surface area (Å²) in [6.07, 6.45) is 10.6. The normalized spacial score (nSPS) is 15.8. The first kappa shape index (κ1) is 22.5. The molecule has 184 valence electrons. The van der Waals surface area contributed by atoms with Gasteiger partial charge in [0.15, 0.2) is 0 Å². The number of benzene rings is 1. The smallest absolute Gasteiger partial charge is 0.305 e. The highest BCUT2D eigenvalue weighted by atomic mass is 16.5. The summed E-state index contributed by atoms with van der Waals surface area (Å²) in [7, 11) is 0. The number of carbonyl (C=O) groups is 1. The summed E-state index contributed by atoms with van der Waals surface area (Å²) >= 11 is 0. The Bertz CT molecular complexity index is 1410. The van der Waals surface area contributed by atoms with Crippen LogP contribution in [-0.2, 0) is 17.6 Å². The average molecular weight is 484 g/mol. The average Bonchev–Trinajstić information content (AvgIpc) is 3.67. The number of ether oxygens (including phenoxy) is 1. The van der Waals surface area contributed by atoms with Crippen molar-refractivity contribution in [2.24, 2.45) is 0 Å². The highest BCUT2D eigenvalue weighted by Gasteiger charge is 2.26. The van der Waals surface area contributed by atoms with Gasteiger partial charge in [-0.15, -0.1) is 0 Å².